The summed E-state index contributed by atoms with van der Waals surface area (Å²) in [6.07, 6.45) is 2.84. The first-order valence-electron chi connectivity index (χ1n) is 7.39. The van der Waals surface area contributed by atoms with E-state index in [0.717, 1.165) is 11.1 Å². The van der Waals surface area contributed by atoms with Gasteiger partial charge in [-0.1, -0.05) is 40.9 Å². The van der Waals surface area contributed by atoms with Gasteiger partial charge in [-0.15, -0.1) is 10.2 Å². The molecule has 26 heavy (non-hydrogen) atoms. The number of ether oxygens (including phenoxy) is 1. The average Bonchev–Trinajstić information content (AvgIpc) is 3.10. The molecule has 2 aromatic carbocycles. The zero-order valence-electron chi connectivity index (χ0n) is 13.2. The first-order valence-corrected chi connectivity index (χ1v) is 8.53. The van der Waals surface area contributed by atoms with E-state index in [9.17, 15) is 4.79 Å². The molecular weight excluding hydrogens is 399 g/mol. The molecule has 0 bridgehead atoms. The summed E-state index contributed by atoms with van der Waals surface area (Å²) in [4.78, 5) is 11.8. The van der Waals surface area contributed by atoms with Gasteiger partial charge in [0.1, 0.15) is 0 Å². The van der Waals surface area contributed by atoms with Gasteiger partial charge in [0.05, 0.1) is 10.0 Å². The Morgan fingerprint density at radius 3 is 2.54 bits per heavy atom. The van der Waals surface area contributed by atoms with E-state index in [0.29, 0.717) is 21.0 Å². The Kier molecular flexibility index (Phi) is 5.93. The van der Waals surface area contributed by atoms with Crippen molar-refractivity contribution in [3.63, 3.8) is 0 Å². The number of carbonyl (C=O) groups is 1. The minimum atomic E-state index is -0.553. The van der Waals surface area contributed by atoms with Crippen LogP contribution in [0.3, 0.4) is 0 Å². The third-order valence-electron chi connectivity index (χ3n) is 3.25. The minimum Gasteiger partial charge on any atom is -0.452 e. The lowest BCUT2D eigenvalue weighted by molar-refractivity contribution is -0.139. The predicted octanol–water partition coefficient (Wildman–Crippen LogP) is 5.45. The van der Waals surface area contributed by atoms with Crippen LogP contribution in [0.1, 0.15) is 11.5 Å². The highest BCUT2D eigenvalue weighted by atomic mass is 35.5. The molecule has 0 radical (unpaired) electrons. The number of carbonyl (C=O) groups excluding carboxylic acids is 1. The van der Waals surface area contributed by atoms with Crippen molar-refractivity contribution >= 4 is 46.8 Å². The van der Waals surface area contributed by atoms with E-state index >= 15 is 0 Å². The number of rotatable bonds is 5. The number of hydrogen-bond acceptors (Lipinski definition) is 5. The van der Waals surface area contributed by atoms with Crippen molar-refractivity contribution in [1.82, 2.24) is 10.2 Å². The van der Waals surface area contributed by atoms with E-state index in [1.54, 1.807) is 48.5 Å². The Labute approximate surface area is 164 Å². The van der Waals surface area contributed by atoms with Gasteiger partial charge in [-0.05, 0) is 48.0 Å². The molecular formula is C18H11Cl3N2O3. The molecule has 3 rings (SSSR count). The molecule has 0 aliphatic carbocycles. The van der Waals surface area contributed by atoms with Gasteiger partial charge < -0.3 is 9.15 Å². The molecule has 0 N–H and O–H groups in total. The maximum atomic E-state index is 11.8. The second-order valence-electron chi connectivity index (χ2n) is 5.12. The van der Waals surface area contributed by atoms with Gasteiger partial charge in [0.2, 0.25) is 5.89 Å². The summed E-state index contributed by atoms with van der Waals surface area (Å²) in [6.45, 7) is -0.134. The molecule has 0 spiro atoms. The van der Waals surface area contributed by atoms with E-state index in [4.69, 9.17) is 44.0 Å². The normalized spacial score (nSPS) is 11.0. The topological polar surface area (TPSA) is 65.2 Å². The largest absolute Gasteiger partial charge is 0.452 e. The molecule has 0 aliphatic heterocycles. The highest BCUT2D eigenvalue weighted by Crippen LogP contribution is 2.23. The summed E-state index contributed by atoms with van der Waals surface area (Å²) < 4.78 is 10.5. The van der Waals surface area contributed by atoms with Crippen molar-refractivity contribution in [1.29, 1.82) is 0 Å². The van der Waals surface area contributed by atoms with Crippen LogP contribution in [-0.4, -0.2) is 16.2 Å². The molecule has 0 amide bonds. The van der Waals surface area contributed by atoms with Gasteiger partial charge >= 0.3 is 5.97 Å². The SMILES string of the molecule is O=C(/C=C/c1ccc(Cl)c(Cl)c1)OCc1nnc(-c2ccc(Cl)cc2)o1. The third kappa shape index (κ3) is 4.85. The summed E-state index contributed by atoms with van der Waals surface area (Å²) in [5.41, 5.74) is 1.44. The van der Waals surface area contributed by atoms with Crippen LogP contribution in [0.15, 0.2) is 53.0 Å². The van der Waals surface area contributed by atoms with Gasteiger partial charge in [0.25, 0.3) is 5.89 Å². The van der Waals surface area contributed by atoms with Crippen molar-refractivity contribution in [3.05, 3.63) is 75.1 Å². The second-order valence-corrected chi connectivity index (χ2v) is 6.37. The first-order chi connectivity index (χ1) is 12.5. The fraction of sp³-hybridized carbons (Fsp3) is 0.0556. The highest BCUT2D eigenvalue weighted by Gasteiger charge is 2.10. The van der Waals surface area contributed by atoms with E-state index in [2.05, 4.69) is 10.2 Å². The third-order valence-corrected chi connectivity index (χ3v) is 4.24. The average molecular weight is 410 g/mol. The number of halogens is 3. The van der Waals surface area contributed by atoms with Crippen molar-refractivity contribution in [2.45, 2.75) is 6.61 Å². The Bertz CT molecular complexity index is 953. The zero-order chi connectivity index (χ0) is 18.5. The molecule has 1 aromatic heterocycles. The second kappa shape index (κ2) is 8.36. The lowest BCUT2D eigenvalue weighted by Crippen LogP contribution is -2.00. The summed E-state index contributed by atoms with van der Waals surface area (Å²) in [5.74, 6) is -0.0485. The summed E-state index contributed by atoms with van der Waals surface area (Å²) >= 11 is 17.6. The minimum absolute atomic E-state index is 0.134. The van der Waals surface area contributed by atoms with E-state index in [1.165, 1.54) is 6.08 Å². The lowest BCUT2D eigenvalue weighted by Gasteiger charge is -1.99. The van der Waals surface area contributed by atoms with Crippen molar-refractivity contribution in [2.24, 2.45) is 0 Å². The van der Waals surface area contributed by atoms with E-state index in [1.807, 2.05) is 0 Å². The van der Waals surface area contributed by atoms with Crippen molar-refractivity contribution in [2.75, 3.05) is 0 Å². The Morgan fingerprint density at radius 2 is 1.81 bits per heavy atom. The van der Waals surface area contributed by atoms with Crippen LogP contribution in [0.2, 0.25) is 15.1 Å². The maximum Gasteiger partial charge on any atom is 0.331 e. The molecule has 1 heterocycles. The van der Waals surface area contributed by atoms with Crippen molar-refractivity contribution < 1.29 is 13.9 Å². The standard InChI is InChI=1S/C18H11Cl3N2O3/c19-13-5-3-12(4-6-13)18-23-22-16(26-18)10-25-17(24)8-2-11-1-7-14(20)15(21)9-11/h1-9H,10H2/b8-2+. The molecule has 0 saturated carbocycles. The fourth-order valence-electron chi connectivity index (χ4n) is 1.98. The van der Waals surface area contributed by atoms with Crippen LogP contribution in [0.4, 0.5) is 0 Å². The fourth-order valence-corrected chi connectivity index (χ4v) is 2.41. The molecule has 8 heteroatoms. The summed E-state index contributed by atoms with van der Waals surface area (Å²) in [7, 11) is 0. The molecule has 5 nitrogen and oxygen atoms in total. The number of esters is 1. The quantitative estimate of drug-likeness (QED) is 0.414. The van der Waals surface area contributed by atoms with Gasteiger partial charge in [0.15, 0.2) is 6.61 Å². The number of hydrogen-bond donors (Lipinski definition) is 0. The Hall–Kier alpha value is -2.34. The Balaban J connectivity index is 1.57. The Morgan fingerprint density at radius 1 is 1.04 bits per heavy atom. The summed E-state index contributed by atoms with van der Waals surface area (Å²) in [6, 6.07) is 12.0. The van der Waals surface area contributed by atoms with Gasteiger partial charge in [0, 0.05) is 16.7 Å². The molecule has 0 unspecified atom stereocenters. The van der Waals surface area contributed by atoms with Crippen LogP contribution in [0, 0.1) is 0 Å². The van der Waals surface area contributed by atoms with Crippen LogP contribution in [0.5, 0.6) is 0 Å². The number of aromatic nitrogens is 2. The molecule has 3 aromatic rings. The number of benzene rings is 2. The molecule has 132 valence electrons. The van der Waals surface area contributed by atoms with Gasteiger partial charge in [-0.3, -0.25) is 0 Å². The van der Waals surface area contributed by atoms with Crippen LogP contribution < -0.4 is 0 Å². The van der Waals surface area contributed by atoms with E-state index < -0.39 is 5.97 Å². The molecule has 0 aliphatic rings. The monoisotopic (exact) mass is 408 g/mol. The molecule has 0 fully saturated rings. The number of nitrogens with zero attached hydrogens (tertiary/aromatic N) is 2. The van der Waals surface area contributed by atoms with Crippen LogP contribution in [0.25, 0.3) is 17.5 Å². The van der Waals surface area contributed by atoms with Gasteiger partial charge in [-0.2, -0.15) is 0 Å². The molecule has 0 atom stereocenters. The zero-order valence-corrected chi connectivity index (χ0v) is 15.4. The highest BCUT2D eigenvalue weighted by molar-refractivity contribution is 6.42. The lowest BCUT2D eigenvalue weighted by atomic mass is 10.2. The maximum absolute atomic E-state index is 11.8. The molecule has 0 saturated heterocycles. The van der Waals surface area contributed by atoms with E-state index in [-0.39, 0.29) is 12.5 Å². The smallest absolute Gasteiger partial charge is 0.331 e. The van der Waals surface area contributed by atoms with Crippen LogP contribution >= 0.6 is 34.8 Å². The summed E-state index contributed by atoms with van der Waals surface area (Å²) in [5, 5.41) is 9.21. The van der Waals surface area contributed by atoms with Crippen LogP contribution in [-0.2, 0) is 16.1 Å². The first kappa shape index (κ1) is 18.5. The van der Waals surface area contributed by atoms with Gasteiger partial charge in [-0.25, -0.2) is 4.79 Å². The van der Waals surface area contributed by atoms with Crippen molar-refractivity contribution in [3.8, 4) is 11.5 Å². The predicted molar refractivity (Wildman–Crippen MR) is 100 cm³/mol.